The van der Waals surface area contributed by atoms with Crippen LogP contribution in [0.15, 0.2) is 24.3 Å². The van der Waals surface area contributed by atoms with Gasteiger partial charge in [0.15, 0.2) is 0 Å². The van der Waals surface area contributed by atoms with Crippen LogP contribution < -0.4 is 10.6 Å². The average molecular weight is 290 g/mol. The van der Waals surface area contributed by atoms with Crippen molar-refractivity contribution in [2.45, 2.75) is 39.3 Å². The molecule has 21 heavy (non-hydrogen) atoms. The number of carbonyl (C=O) groups excluding carboxylic acids is 1. The van der Waals surface area contributed by atoms with Gasteiger partial charge in [-0.3, -0.25) is 4.79 Å². The van der Waals surface area contributed by atoms with E-state index in [1.807, 2.05) is 24.3 Å². The number of benzene rings is 1. The fraction of sp³-hybridized carbons (Fsp3) is 0.588. The van der Waals surface area contributed by atoms with E-state index in [9.17, 15) is 4.79 Å². The number of nitrogens with one attached hydrogen (secondary N) is 2. The third kappa shape index (κ3) is 3.83. The summed E-state index contributed by atoms with van der Waals surface area (Å²) in [5.74, 6) is 0.182. The van der Waals surface area contributed by atoms with Gasteiger partial charge in [0.2, 0.25) is 5.91 Å². The van der Waals surface area contributed by atoms with Gasteiger partial charge in [0.05, 0.1) is 12.0 Å². The van der Waals surface area contributed by atoms with Crippen molar-refractivity contribution >= 4 is 5.91 Å². The third-order valence-corrected chi connectivity index (χ3v) is 4.31. The van der Waals surface area contributed by atoms with E-state index in [2.05, 4.69) is 17.6 Å². The molecule has 4 nitrogen and oxygen atoms in total. The molecule has 1 fully saturated rings. The van der Waals surface area contributed by atoms with E-state index < -0.39 is 0 Å². The van der Waals surface area contributed by atoms with E-state index in [-0.39, 0.29) is 11.3 Å². The molecule has 1 unspecified atom stereocenters. The Morgan fingerprint density at radius 1 is 1.38 bits per heavy atom. The molecule has 2 N–H and O–H groups in total. The van der Waals surface area contributed by atoms with Crippen LogP contribution in [0.3, 0.4) is 0 Å². The standard InChI is InChI=1S/C17H26N2O2/c1-3-8-17(9-10-18-13-17)16(20)19-11-14-6-4-5-7-15(14)12-21-2/h4-7,18H,3,8-13H2,1-2H3,(H,19,20). The molecule has 1 aliphatic heterocycles. The second-order valence-electron chi connectivity index (χ2n) is 5.84. The van der Waals surface area contributed by atoms with Gasteiger partial charge in [0.1, 0.15) is 0 Å². The van der Waals surface area contributed by atoms with E-state index >= 15 is 0 Å². The summed E-state index contributed by atoms with van der Waals surface area (Å²) in [6.45, 7) is 5.03. The van der Waals surface area contributed by atoms with Crippen molar-refractivity contribution in [3.63, 3.8) is 0 Å². The lowest BCUT2D eigenvalue weighted by molar-refractivity contribution is -0.130. The lowest BCUT2D eigenvalue weighted by Crippen LogP contribution is -2.42. The monoisotopic (exact) mass is 290 g/mol. The molecule has 116 valence electrons. The van der Waals surface area contributed by atoms with Crippen LogP contribution in [-0.4, -0.2) is 26.1 Å². The Hall–Kier alpha value is -1.39. The highest BCUT2D eigenvalue weighted by Gasteiger charge is 2.39. The minimum atomic E-state index is -0.217. The molecule has 4 heteroatoms. The summed E-state index contributed by atoms with van der Waals surface area (Å²) >= 11 is 0. The lowest BCUT2D eigenvalue weighted by atomic mass is 9.81. The summed E-state index contributed by atoms with van der Waals surface area (Å²) in [6, 6.07) is 8.09. The maximum Gasteiger partial charge on any atom is 0.227 e. The zero-order valence-corrected chi connectivity index (χ0v) is 13.1. The van der Waals surface area contributed by atoms with Gasteiger partial charge in [-0.05, 0) is 30.5 Å². The molecule has 1 aromatic rings. The minimum Gasteiger partial charge on any atom is -0.380 e. The molecular formula is C17H26N2O2. The summed E-state index contributed by atoms with van der Waals surface area (Å²) in [5.41, 5.74) is 2.05. The predicted molar refractivity (Wildman–Crippen MR) is 83.8 cm³/mol. The fourth-order valence-electron chi connectivity index (χ4n) is 3.13. The van der Waals surface area contributed by atoms with E-state index in [4.69, 9.17) is 4.74 Å². The summed E-state index contributed by atoms with van der Waals surface area (Å²) in [6.07, 6.45) is 2.92. The number of carbonyl (C=O) groups is 1. The molecule has 1 atom stereocenters. The van der Waals surface area contributed by atoms with Crippen LogP contribution in [0, 0.1) is 5.41 Å². The normalized spacial score (nSPS) is 21.4. The third-order valence-electron chi connectivity index (χ3n) is 4.31. The molecule has 1 aliphatic rings. The SMILES string of the molecule is CCCC1(C(=O)NCc2ccccc2COC)CCNC1. The van der Waals surface area contributed by atoms with E-state index in [0.29, 0.717) is 13.2 Å². The van der Waals surface area contributed by atoms with E-state index in [1.54, 1.807) is 7.11 Å². The van der Waals surface area contributed by atoms with Crippen molar-refractivity contribution in [3.8, 4) is 0 Å². The minimum absolute atomic E-state index is 0.182. The lowest BCUT2D eigenvalue weighted by Gasteiger charge is -2.26. The van der Waals surface area contributed by atoms with E-state index in [0.717, 1.165) is 43.5 Å². The van der Waals surface area contributed by atoms with Crippen molar-refractivity contribution in [1.29, 1.82) is 0 Å². The fourth-order valence-corrected chi connectivity index (χ4v) is 3.13. The Labute approximate surface area is 127 Å². The first-order valence-electron chi connectivity index (χ1n) is 7.76. The largest absolute Gasteiger partial charge is 0.380 e. The average Bonchev–Trinajstić information content (AvgIpc) is 2.97. The molecule has 0 aromatic heterocycles. The first-order chi connectivity index (χ1) is 10.2. The molecule has 1 heterocycles. The molecule has 2 rings (SSSR count). The van der Waals surface area contributed by atoms with Crippen molar-refractivity contribution in [2.75, 3.05) is 20.2 Å². The van der Waals surface area contributed by atoms with Crippen LogP contribution in [0.2, 0.25) is 0 Å². The molecule has 0 aliphatic carbocycles. The van der Waals surface area contributed by atoms with Crippen LogP contribution in [0.4, 0.5) is 0 Å². The molecule has 0 bridgehead atoms. The Balaban J connectivity index is 2.00. The Kier molecular flexibility index (Phi) is 5.76. The van der Waals surface area contributed by atoms with Gasteiger partial charge in [-0.15, -0.1) is 0 Å². The highest BCUT2D eigenvalue weighted by atomic mass is 16.5. The maximum absolute atomic E-state index is 12.6. The number of rotatable bonds is 7. The highest BCUT2D eigenvalue weighted by Crippen LogP contribution is 2.31. The number of amides is 1. The highest BCUT2D eigenvalue weighted by molar-refractivity contribution is 5.83. The summed E-state index contributed by atoms with van der Waals surface area (Å²) in [4.78, 5) is 12.6. The van der Waals surface area contributed by atoms with Crippen LogP contribution >= 0.6 is 0 Å². The van der Waals surface area contributed by atoms with Crippen molar-refractivity contribution in [2.24, 2.45) is 5.41 Å². The predicted octanol–water partition coefficient (Wildman–Crippen LogP) is 2.23. The van der Waals surface area contributed by atoms with Crippen molar-refractivity contribution in [1.82, 2.24) is 10.6 Å². The molecular weight excluding hydrogens is 264 g/mol. The zero-order chi connectivity index (χ0) is 15.1. The van der Waals surface area contributed by atoms with Gasteiger partial charge < -0.3 is 15.4 Å². The Morgan fingerprint density at radius 2 is 2.14 bits per heavy atom. The number of ether oxygens (including phenoxy) is 1. The smallest absolute Gasteiger partial charge is 0.227 e. The number of hydrogen-bond donors (Lipinski definition) is 2. The Bertz CT molecular complexity index is 468. The second-order valence-corrected chi connectivity index (χ2v) is 5.84. The molecule has 0 saturated carbocycles. The number of hydrogen-bond acceptors (Lipinski definition) is 3. The summed E-state index contributed by atoms with van der Waals surface area (Å²) in [7, 11) is 1.69. The zero-order valence-electron chi connectivity index (χ0n) is 13.1. The van der Waals surface area contributed by atoms with Crippen LogP contribution in [-0.2, 0) is 22.7 Å². The molecule has 1 saturated heterocycles. The van der Waals surface area contributed by atoms with Gasteiger partial charge >= 0.3 is 0 Å². The topological polar surface area (TPSA) is 50.4 Å². The van der Waals surface area contributed by atoms with Crippen LogP contribution in [0.5, 0.6) is 0 Å². The summed E-state index contributed by atoms with van der Waals surface area (Å²) in [5, 5.41) is 6.46. The summed E-state index contributed by atoms with van der Waals surface area (Å²) < 4.78 is 5.21. The Morgan fingerprint density at radius 3 is 2.76 bits per heavy atom. The van der Waals surface area contributed by atoms with Gasteiger partial charge in [0, 0.05) is 20.2 Å². The van der Waals surface area contributed by atoms with E-state index in [1.165, 1.54) is 0 Å². The first-order valence-corrected chi connectivity index (χ1v) is 7.76. The van der Waals surface area contributed by atoms with Gasteiger partial charge in [0.25, 0.3) is 0 Å². The number of methoxy groups -OCH3 is 1. The van der Waals surface area contributed by atoms with Crippen LogP contribution in [0.1, 0.15) is 37.3 Å². The molecule has 1 amide bonds. The first kappa shape index (κ1) is 16.0. The maximum atomic E-state index is 12.6. The second kappa shape index (κ2) is 7.57. The molecule has 0 radical (unpaired) electrons. The van der Waals surface area contributed by atoms with Gasteiger partial charge in [-0.2, -0.15) is 0 Å². The molecule has 0 spiro atoms. The van der Waals surface area contributed by atoms with Crippen molar-refractivity contribution in [3.05, 3.63) is 35.4 Å². The van der Waals surface area contributed by atoms with Gasteiger partial charge in [-0.1, -0.05) is 37.6 Å². The molecule has 1 aromatic carbocycles. The van der Waals surface area contributed by atoms with Gasteiger partial charge in [-0.25, -0.2) is 0 Å². The van der Waals surface area contributed by atoms with Crippen molar-refractivity contribution < 1.29 is 9.53 Å². The van der Waals surface area contributed by atoms with Crippen LogP contribution in [0.25, 0.3) is 0 Å². The quantitative estimate of drug-likeness (QED) is 0.809.